The minimum Gasteiger partial charge on any atom is -0.423 e. The smallest absolute Gasteiger partial charge is 0.336 e. The van der Waals surface area contributed by atoms with E-state index in [2.05, 4.69) is 15.3 Å². The highest BCUT2D eigenvalue weighted by atomic mass is 32.2. The zero-order valence-electron chi connectivity index (χ0n) is 18.1. The molecule has 2 aromatic carbocycles. The number of aromatic amines is 1. The summed E-state index contributed by atoms with van der Waals surface area (Å²) in [6.07, 6.45) is 0. The minimum atomic E-state index is -0.427. The number of nitrogens with one attached hydrogen (secondary N) is 2. The summed E-state index contributed by atoms with van der Waals surface area (Å²) < 4.78 is 5.23. The fourth-order valence-electron chi connectivity index (χ4n) is 3.73. The van der Waals surface area contributed by atoms with Gasteiger partial charge in [0, 0.05) is 34.1 Å². The Labute approximate surface area is 201 Å². The molecule has 0 aliphatic rings. The van der Waals surface area contributed by atoms with Crippen molar-refractivity contribution in [3.63, 3.8) is 0 Å². The molecule has 3 heterocycles. The topological polar surface area (TPSA) is 105 Å². The number of amides is 1. The number of benzene rings is 2. The van der Waals surface area contributed by atoms with Gasteiger partial charge < -0.3 is 14.7 Å². The summed E-state index contributed by atoms with van der Waals surface area (Å²) in [7, 11) is 0. The van der Waals surface area contributed by atoms with E-state index in [0.717, 1.165) is 22.1 Å². The zero-order chi connectivity index (χ0) is 23.7. The van der Waals surface area contributed by atoms with Crippen LogP contribution in [0, 0.1) is 6.92 Å². The summed E-state index contributed by atoms with van der Waals surface area (Å²) in [4.78, 5) is 44.8. The van der Waals surface area contributed by atoms with Crippen molar-refractivity contribution in [3.8, 4) is 11.1 Å². The van der Waals surface area contributed by atoms with E-state index in [4.69, 9.17) is 4.42 Å². The lowest BCUT2D eigenvalue weighted by Crippen LogP contribution is -2.15. The van der Waals surface area contributed by atoms with Gasteiger partial charge in [-0.1, -0.05) is 30.3 Å². The van der Waals surface area contributed by atoms with Crippen molar-refractivity contribution in [1.29, 1.82) is 0 Å². The predicted octanol–water partition coefficient (Wildman–Crippen LogP) is 4.94. The Morgan fingerprint density at radius 1 is 1.15 bits per heavy atom. The summed E-state index contributed by atoms with van der Waals surface area (Å²) in [5.74, 6) is 0.894. The van der Waals surface area contributed by atoms with Crippen LogP contribution in [0.5, 0.6) is 0 Å². The lowest BCUT2D eigenvalue weighted by Gasteiger charge is -2.07. The largest absolute Gasteiger partial charge is 0.423 e. The number of carbonyl (C=O) groups is 1. The van der Waals surface area contributed by atoms with Crippen LogP contribution >= 0.6 is 23.1 Å². The SMILES string of the molecule is Cc1cc(=O)oc2cc(NC(=O)CSCc3nc4scc(-c5ccccc5)c4c(=O)[nH]3)ccc12. The summed E-state index contributed by atoms with van der Waals surface area (Å²) >= 11 is 2.78. The lowest BCUT2D eigenvalue weighted by molar-refractivity contribution is -0.113. The number of aromatic nitrogens is 2. The number of anilines is 1. The number of fused-ring (bicyclic) bond motifs is 2. The van der Waals surface area contributed by atoms with Crippen LogP contribution in [-0.4, -0.2) is 21.6 Å². The molecule has 0 bridgehead atoms. The molecule has 0 radical (unpaired) electrons. The van der Waals surface area contributed by atoms with Gasteiger partial charge in [0.05, 0.1) is 16.9 Å². The Kier molecular flexibility index (Phi) is 6.04. The van der Waals surface area contributed by atoms with Gasteiger partial charge in [0.1, 0.15) is 16.2 Å². The quantitative estimate of drug-likeness (QED) is 0.328. The molecule has 0 saturated carbocycles. The van der Waals surface area contributed by atoms with Crippen LogP contribution in [-0.2, 0) is 10.5 Å². The second-order valence-electron chi connectivity index (χ2n) is 7.71. The number of thioether (sulfide) groups is 1. The van der Waals surface area contributed by atoms with E-state index in [1.54, 1.807) is 12.1 Å². The summed E-state index contributed by atoms with van der Waals surface area (Å²) in [6.45, 7) is 1.84. The van der Waals surface area contributed by atoms with Gasteiger partial charge in [0.2, 0.25) is 5.91 Å². The molecular weight excluding hydrogens is 470 g/mol. The number of rotatable bonds is 6. The van der Waals surface area contributed by atoms with Gasteiger partial charge in [0.15, 0.2) is 0 Å². The maximum absolute atomic E-state index is 12.7. The van der Waals surface area contributed by atoms with Crippen molar-refractivity contribution in [1.82, 2.24) is 9.97 Å². The van der Waals surface area contributed by atoms with Crippen molar-refractivity contribution in [2.45, 2.75) is 12.7 Å². The molecule has 1 amide bonds. The molecule has 0 saturated heterocycles. The van der Waals surface area contributed by atoms with Crippen molar-refractivity contribution in [2.75, 3.05) is 11.1 Å². The van der Waals surface area contributed by atoms with Crippen molar-refractivity contribution < 1.29 is 9.21 Å². The Balaban J connectivity index is 1.25. The molecule has 0 unspecified atom stereocenters. The molecule has 5 rings (SSSR count). The minimum absolute atomic E-state index is 0.178. The maximum atomic E-state index is 12.7. The molecule has 0 spiro atoms. The number of hydrogen-bond donors (Lipinski definition) is 2. The average Bonchev–Trinajstić information content (AvgIpc) is 3.24. The molecule has 0 atom stereocenters. The average molecular weight is 490 g/mol. The predicted molar refractivity (Wildman–Crippen MR) is 138 cm³/mol. The van der Waals surface area contributed by atoms with Crippen LogP contribution < -0.4 is 16.5 Å². The first-order valence-electron chi connectivity index (χ1n) is 10.5. The van der Waals surface area contributed by atoms with Crippen LogP contribution in [0.3, 0.4) is 0 Å². The van der Waals surface area contributed by atoms with Gasteiger partial charge in [-0.25, -0.2) is 9.78 Å². The summed E-state index contributed by atoms with van der Waals surface area (Å²) in [6, 6.07) is 16.4. The Hall–Kier alpha value is -3.69. The van der Waals surface area contributed by atoms with Crippen LogP contribution in [0.25, 0.3) is 32.3 Å². The Morgan fingerprint density at radius 3 is 2.79 bits per heavy atom. The number of aryl methyl sites for hydroxylation is 1. The molecule has 0 aliphatic carbocycles. The number of H-pyrrole nitrogens is 1. The molecule has 170 valence electrons. The van der Waals surface area contributed by atoms with Gasteiger partial charge in [-0.2, -0.15) is 0 Å². The van der Waals surface area contributed by atoms with Gasteiger partial charge in [-0.3, -0.25) is 9.59 Å². The summed E-state index contributed by atoms with van der Waals surface area (Å²) in [5, 5.41) is 6.16. The molecule has 2 N–H and O–H groups in total. The highest BCUT2D eigenvalue weighted by molar-refractivity contribution is 7.99. The lowest BCUT2D eigenvalue weighted by atomic mass is 10.1. The maximum Gasteiger partial charge on any atom is 0.336 e. The van der Waals surface area contributed by atoms with Gasteiger partial charge in [0.25, 0.3) is 5.56 Å². The molecule has 5 aromatic rings. The van der Waals surface area contributed by atoms with E-state index in [1.165, 1.54) is 29.2 Å². The molecule has 9 heteroatoms. The number of hydrogen-bond acceptors (Lipinski definition) is 7. The molecule has 7 nitrogen and oxygen atoms in total. The van der Waals surface area contributed by atoms with E-state index >= 15 is 0 Å². The van der Waals surface area contributed by atoms with Gasteiger partial charge >= 0.3 is 5.63 Å². The van der Waals surface area contributed by atoms with E-state index in [9.17, 15) is 14.4 Å². The molecule has 34 heavy (non-hydrogen) atoms. The first-order valence-corrected chi connectivity index (χ1v) is 12.5. The molecule has 0 aliphatic heterocycles. The molecule has 0 fully saturated rings. The van der Waals surface area contributed by atoms with E-state index in [0.29, 0.717) is 33.1 Å². The number of thiophene rings is 1. The van der Waals surface area contributed by atoms with E-state index in [1.807, 2.05) is 48.7 Å². The first kappa shape index (κ1) is 22.1. The monoisotopic (exact) mass is 489 g/mol. The van der Waals surface area contributed by atoms with Crippen molar-refractivity contribution in [3.05, 3.63) is 92.1 Å². The number of carbonyl (C=O) groups excluding carboxylic acids is 1. The fourth-order valence-corrected chi connectivity index (χ4v) is 5.39. The normalized spacial score (nSPS) is 11.2. The van der Waals surface area contributed by atoms with Crippen LogP contribution in [0.1, 0.15) is 11.4 Å². The van der Waals surface area contributed by atoms with Gasteiger partial charge in [-0.15, -0.1) is 23.1 Å². The highest BCUT2D eigenvalue weighted by Gasteiger charge is 2.13. The zero-order valence-corrected chi connectivity index (χ0v) is 19.7. The fraction of sp³-hybridized carbons (Fsp3) is 0.120. The second kappa shape index (κ2) is 9.28. The van der Waals surface area contributed by atoms with Crippen molar-refractivity contribution >= 4 is 55.9 Å². The van der Waals surface area contributed by atoms with Crippen molar-refractivity contribution in [2.24, 2.45) is 0 Å². The highest BCUT2D eigenvalue weighted by Crippen LogP contribution is 2.30. The van der Waals surface area contributed by atoms with E-state index in [-0.39, 0.29) is 17.2 Å². The third kappa shape index (κ3) is 4.52. The third-order valence-corrected chi connectivity index (χ3v) is 7.10. The van der Waals surface area contributed by atoms with Gasteiger partial charge in [-0.05, 0) is 30.2 Å². The third-order valence-electron chi connectivity index (χ3n) is 5.28. The van der Waals surface area contributed by atoms with Crippen LogP contribution in [0.15, 0.2) is 74.0 Å². The van der Waals surface area contributed by atoms with Crippen LogP contribution in [0.2, 0.25) is 0 Å². The second-order valence-corrected chi connectivity index (χ2v) is 9.55. The molecule has 3 aromatic heterocycles. The Morgan fingerprint density at radius 2 is 1.97 bits per heavy atom. The standard InChI is InChI=1S/C25H19N3O4S2/c1-14-9-22(30)32-19-10-16(7-8-17(14)19)26-21(29)13-33-12-20-27-24(31)23-18(11-34-25(23)28-20)15-5-3-2-4-6-15/h2-11H,12-13H2,1H3,(H,26,29)(H,27,28,31). The first-order chi connectivity index (χ1) is 16.5. The van der Waals surface area contributed by atoms with Crippen LogP contribution in [0.4, 0.5) is 5.69 Å². The molecular formula is C25H19N3O4S2. The number of nitrogens with zero attached hydrogens (tertiary/aromatic N) is 1. The summed E-state index contributed by atoms with van der Waals surface area (Å²) in [5.41, 5.74) is 3.03. The Bertz CT molecular complexity index is 1640. The van der Waals surface area contributed by atoms with E-state index < -0.39 is 5.63 Å².